The molecule has 2 N–H and O–H groups in total. The molecule has 3 aliphatic rings. The maximum atomic E-state index is 3.90. The van der Waals surface area contributed by atoms with Crippen molar-refractivity contribution in [3.63, 3.8) is 0 Å². The fraction of sp³-hybridized carbons (Fsp3) is 0.800. The van der Waals surface area contributed by atoms with Crippen LogP contribution in [0.4, 0.5) is 0 Å². The molecule has 1 aromatic carbocycles. The summed E-state index contributed by atoms with van der Waals surface area (Å²) in [6.07, 6.45) is 16.7. The Morgan fingerprint density at radius 2 is 1.66 bits per heavy atom. The molecule has 3 atom stereocenters. The second-order valence-corrected chi connectivity index (χ2v) is 12.3. The van der Waals surface area contributed by atoms with Crippen molar-refractivity contribution in [3.8, 4) is 0 Å². The smallest absolute Gasteiger partial charge is 0.00793 e. The number of hydrogen-bond donors (Lipinski definition) is 2. The highest BCUT2D eigenvalue weighted by Gasteiger charge is 2.51. The molecular formula is C30H50N2. The van der Waals surface area contributed by atoms with E-state index in [2.05, 4.69) is 56.5 Å². The summed E-state index contributed by atoms with van der Waals surface area (Å²) in [5.74, 6) is 1.43. The lowest BCUT2D eigenvalue weighted by molar-refractivity contribution is 0.0261. The first-order chi connectivity index (χ1) is 15.4. The van der Waals surface area contributed by atoms with Crippen LogP contribution in [0.25, 0.3) is 0 Å². The topological polar surface area (TPSA) is 24.1 Å². The van der Waals surface area contributed by atoms with Gasteiger partial charge in [-0.2, -0.15) is 0 Å². The molecule has 0 aromatic heterocycles. The molecule has 0 radical (unpaired) electrons. The van der Waals surface area contributed by atoms with Gasteiger partial charge in [0.25, 0.3) is 0 Å². The van der Waals surface area contributed by atoms with Gasteiger partial charge in [0, 0.05) is 25.7 Å². The molecular weight excluding hydrogens is 388 g/mol. The third kappa shape index (κ3) is 5.27. The van der Waals surface area contributed by atoms with Gasteiger partial charge in [0.2, 0.25) is 0 Å². The van der Waals surface area contributed by atoms with Crippen LogP contribution in [0.1, 0.15) is 121 Å². The van der Waals surface area contributed by atoms with Gasteiger partial charge in [-0.15, -0.1) is 0 Å². The molecule has 4 rings (SSSR count). The van der Waals surface area contributed by atoms with Gasteiger partial charge in [-0.05, 0) is 77.9 Å². The van der Waals surface area contributed by atoms with Crippen LogP contribution in [0, 0.1) is 11.3 Å². The van der Waals surface area contributed by atoms with Crippen molar-refractivity contribution >= 4 is 0 Å². The quantitative estimate of drug-likeness (QED) is 0.443. The Balaban J connectivity index is 1.33. The van der Waals surface area contributed by atoms with Crippen molar-refractivity contribution < 1.29 is 0 Å². The van der Waals surface area contributed by atoms with Crippen LogP contribution in [0.2, 0.25) is 0 Å². The Morgan fingerprint density at radius 3 is 2.41 bits per heavy atom. The summed E-state index contributed by atoms with van der Waals surface area (Å²) < 4.78 is 0. The average molecular weight is 439 g/mol. The average Bonchev–Trinajstić information content (AvgIpc) is 2.74. The van der Waals surface area contributed by atoms with Crippen molar-refractivity contribution in [3.05, 3.63) is 34.9 Å². The molecule has 0 unspecified atom stereocenters. The first-order valence-corrected chi connectivity index (χ1v) is 14.0. The summed E-state index contributed by atoms with van der Waals surface area (Å²) >= 11 is 0. The molecule has 180 valence electrons. The van der Waals surface area contributed by atoms with Gasteiger partial charge in [-0.1, -0.05) is 84.4 Å². The van der Waals surface area contributed by atoms with Crippen LogP contribution in [0.3, 0.4) is 0 Å². The number of rotatable bonds is 7. The lowest BCUT2D eigenvalue weighted by atomic mass is 9.49. The summed E-state index contributed by atoms with van der Waals surface area (Å²) in [5, 5.41) is 7.77. The summed E-state index contributed by atoms with van der Waals surface area (Å²) in [5.41, 5.74) is 5.62. The van der Waals surface area contributed by atoms with Crippen molar-refractivity contribution in [2.45, 2.75) is 122 Å². The minimum absolute atomic E-state index is 0.356. The number of nitrogens with one attached hydrogen (secondary N) is 2. The van der Waals surface area contributed by atoms with Crippen molar-refractivity contribution in [1.29, 1.82) is 0 Å². The number of benzene rings is 1. The molecule has 0 aliphatic heterocycles. The van der Waals surface area contributed by atoms with E-state index >= 15 is 0 Å². The van der Waals surface area contributed by atoms with E-state index in [0.29, 0.717) is 16.7 Å². The van der Waals surface area contributed by atoms with E-state index in [0.717, 1.165) is 25.0 Å². The van der Waals surface area contributed by atoms with Gasteiger partial charge in [0.15, 0.2) is 0 Å². The fourth-order valence-electron chi connectivity index (χ4n) is 7.61. The standard InChI is InChI=1S/C30H50N2/c1-23(2)24-13-15-27-25(21-24)14-16-28-29(3,17-10-18-30(27,28)4)22-31-19-20-32-26-11-8-6-5-7-9-12-26/h13,15,21,23,26,28,31-32H,5-12,14,16-20,22H2,1-4H3/t28-,29-,30+/m0/s1. The SMILES string of the molecule is CC(C)c1ccc2c(c1)CC[C@H]1[C@](C)(CNCCNC3CCCCCCC3)CCC[C@]21C. The lowest BCUT2D eigenvalue weighted by Gasteiger charge is -2.55. The van der Waals surface area contributed by atoms with Crippen molar-refractivity contribution in [1.82, 2.24) is 10.6 Å². The Kier molecular flexibility index (Phi) is 8.04. The third-order valence-electron chi connectivity index (χ3n) is 9.54. The molecule has 0 amide bonds. The molecule has 0 heterocycles. The molecule has 2 heteroatoms. The van der Waals surface area contributed by atoms with E-state index in [1.165, 1.54) is 89.2 Å². The molecule has 2 saturated carbocycles. The first kappa shape index (κ1) is 24.3. The molecule has 32 heavy (non-hydrogen) atoms. The molecule has 0 spiro atoms. The largest absolute Gasteiger partial charge is 0.315 e. The maximum Gasteiger partial charge on any atom is 0.00793 e. The zero-order valence-electron chi connectivity index (χ0n) is 21.6. The highest BCUT2D eigenvalue weighted by atomic mass is 15.0. The Hall–Kier alpha value is -0.860. The fourth-order valence-corrected chi connectivity index (χ4v) is 7.61. The van der Waals surface area contributed by atoms with Crippen molar-refractivity contribution in [2.75, 3.05) is 19.6 Å². The normalized spacial score (nSPS) is 31.6. The van der Waals surface area contributed by atoms with Gasteiger partial charge < -0.3 is 10.6 Å². The summed E-state index contributed by atoms with van der Waals surface area (Å²) in [6.45, 7) is 13.3. The molecule has 2 fully saturated rings. The van der Waals surface area contributed by atoms with Gasteiger partial charge in [-0.3, -0.25) is 0 Å². The zero-order chi connectivity index (χ0) is 22.6. The Labute approximate surface area is 198 Å². The van der Waals surface area contributed by atoms with E-state index < -0.39 is 0 Å². The first-order valence-electron chi connectivity index (χ1n) is 14.0. The van der Waals surface area contributed by atoms with E-state index in [1.54, 1.807) is 11.1 Å². The Morgan fingerprint density at radius 1 is 0.906 bits per heavy atom. The van der Waals surface area contributed by atoms with Crippen LogP contribution in [-0.4, -0.2) is 25.7 Å². The van der Waals surface area contributed by atoms with Gasteiger partial charge in [0.05, 0.1) is 0 Å². The van der Waals surface area contributed by atoms with E-state index in [4.69, 9.17) is 0 Å². The second-order valence-electron chi connectivity index (χ2n) is 12.3. The van der Waals surface area contributed by atoms with E-state index in [1.807, 2.05) is 0 Å². The van der Waals surface area contributed by atoms with Gasteiger partial charge >= 0.3 is 0 Å². The predicted molar refractivity (Wildman–Crippen MR) is 139 cm³/mol. The summed E-state index contributed by atoms with van der Waals surface area (Å²) in [6, 6.07) is 8.22. The van der Waals surface area contributed by atoms with E-state index in [9.17, 15) is 0 Å². The van der Waals surface area contributed by atoms with Crippen LogP contribution in [0.5, 0.6) is 0 Å². The molecule has 3 aliphatic carbocycles. The zero-order valence-corrected chi connectivity index (χ0v) is 21.6. The maximum absolute atomic E-state index is 3.90. The molecule has 0 bridgehead atoms. The van der Waals surface area contributed by atoms with Gasteiger partial charge in [-0.25, -0.2) is 0 Å². The number of hydrogen-bond acceptors (Lipinski definition) is 2. The van der Waals surface area contributed by atoms with Crippen LogP contribution in [0.15, 0.2) is 18.2 Å². The van der Waals surface area contributed by atoms with Crippen LogP contribution in [-0.2, 0) is 11.8 Å². The summed E-state index contributed by atoms with van der Waals surface area (Å²) in [4.78, 5) is 0. The minimum atomic E-state index is 0.356. The molecule has 2 nitrogen and oxygen atoms in total. The van der Waals surface area contributed by atoms with Gasteiger partial charge in [0.1, 0.15) is 0 Å². The molecule has 1 aromatic rings. The third-order valence-corrected chi connectivity index (χ3v) is 9.54. The van der Waals surface area contributed by atoms with Crippen LogP contribution < -0.4 is 10.6 Å². The lowest BCUT2D eigenvalue weighted by Crippen LogP contribution is -2.53. The Bertz CT molecular complexity index is 732. The highest BCUT2D eigenvalue weighted by molar-refractivity contribution is 5.42. The number of aryl methyl sites for hydroxylation is 1. The second kappa shape index (κ2) is 10.6. The number of fused-ring (bicyclic) bond motifs is 3. The van der Waals surface area contributed by atoms with Crippen molar-refractivity contribution in [2.24, 2.45) is 11.3 Å². The highest BCUT2D eigenvalue weighted by Crippen LogP contribution is 2.57. The predicted octanol–water partition coefficient (Wildman–Crippen LogP) is 7.11. The monoisotopic (exact) mass is 438 g/mol. The molecule has 0 saturated heterocycles. The summed E-state index contributed by atoms with van der Waals surface area (Å²) in [7, 11) is 0. The minimum Gasteiger partial charge on any atom is -0.315 e. The van der Waals surface area contributed by atoms with E-state index in [-0.39, 0.29) is 0 Å². The van der Waals surface area contributed by atoms with Crippen LogP contribution >= 0.6 is 0 Å².